The van der Waals surface area contributed by atoms with E-state index in [0.717, 1.165) is 6.92 Å². The highest BCUT2D eigenvalue weighted by atomic mass is 35.5. The Morgan fingerprint density at radius 2 is 2.22 bits per heavy atom. The van der Waals surface area contributed by atoms with Crippen LogP contribution in [0.1, 0.15) is 6.92 Å². The predicted octanol–water partition coefficient (Wildman–Crippen LogP) is 0.301. The van der Waals surface area contributed by atoms with E-state index >= 15 is 0 Å². The Labute approximate surface area is 56.4 Å². The van der Waals surface area contributed by atoms with Crippen LogP contribution in [-0.4, -0.2) is 17.4 Å². The van der Waals surface area contributed by atoms with Gasteiger partial charge in [-0.25, -0.2) is 4.79 Å². The van der Waals surface area contributed by atoms with Crippen molar-refractivity contribution < 1.29 is 14.4 Å². The molecule has 0 aromatic heterocycles. The van der Waals surface area contributed by atoms with Crippen molar-refractivity contribution in [3.05, 3.63) is 0 Å². The quantitative estimate of drug-likeness (QED) is 0.246. The molecule has 0 aliphatic carbocycles. The van der Waals surface area contributed by atoms with E-state index in [0.29, 0.717) is 6.21 Å². The second-order valence-corrected chi connectivity index (χ2v) is 1.49. The Bertz CT molecular complexity index is 154. The maximum absolute atomic E-state index is 9.93. The third-order valence-electron chi connectivity index (χ3n) is 0.335. The van der Waals surface area contributed by atoms with Gasteiger partial charge in [0.2, 0.25) is 0 Å². The highest BCUT2D eigenvalue weighted by Gasteiger charge is 1.88. The lowest BCUT2D eigenvalue weighted by Crippen LogP contribution is -1.93. The molecule has 0 bridgehead atoms. The third kappa shape index (κ3) is 7.10. The SMILES string of the molecule is CC(=O)ON=CC(=O)Cl. The van der Waals surface area contributed by atoms with Crippen LogP contribution in [0.2, 0.25) is 0 Å². The molecule has 0 aliphatic heterocycles. The van der Waals surface area contributed by atoms with Crippen LogP contribution in [-0.2, 0) is 14.4 Å². The van der Waals surface area contributed by atoms with E-state index in [1.165, 1.54) is 0 Å². The molecule has 5 heteroatoms. The second kappa shape index (κ2) is 4.03. The molecule has 9 heavy (non-hydrogen) atoms. The molecule has 0 N–H and O–H groups in total. The van der Waals surface area contributed by atoms with Crippen LogP contribution in [0.25, 0.3) is 0 Å². The minimum atomic E-state index is -0.781. The average molecular weight is 150 g/mol. The van der Waals surface area contributed by atoms with Gasteiger partial charge in [-0.3, -0.25) is 4.79 Å². The van der Waals surface area contributed by atoms with Crippen LogP contribution in [0.5, 0.6) is 0 Å². The van der Waals surface area contributed by atoms with Crippen LogP contribution in [0.3, 0.4) is 0 Å². The number of nitrogens with zero attached hydrogens (tertiary/aromatic N) is 1. The van der Waals surface area contributed by atoms with Crippen LogP contribution >= 0.6 is 11.6 Å². The zero-order valence-corrected chi connectivity index (χ0v) is 5.38. The maximum atomic E-state index is 9.93. The first-order valence-electron chi connectivity index (χ1n) is 2.03. The van der Waals surface area contributed by atoms with Gasteiger partial charge in [-0.05, 0) is 11.6 Å². The van der Waals surface area contributed by atoms with Crippen molar-refractivity contribution in [1.29, 1.82) is 0 Å². The normalized spacial score (nSPS) is 9.56. The molecule has 0 aliphatic rings. The molecule has 0 radical (unpaired) electrons. The molecule has 4 nitrogen and oxygen atoms in total. The Kier molecular flexibility index (Phi) is 3.62. The van der Waals surface area contributed by atoms with E-state index in [1.807, 2.05) is 0 Å². The molecule has 0 spiro atoms. The molecule has 0 amide bonds. The minimum absolute atomic E-state index is 0.593. The highest BCUT2D eigenvalue weighted by Crippen LogP contribution is 1.77. The molecule has 0 aromatic rings. The molecular formula is C4H4ClNO3. The minimum Gasteiger partial charge on any atom is -0.318 e. The molecule has 50 valence electrons. The topological polar surface area (TPSA) is 55.7 Å². The smallest absolute Gasteiger partial charge is 0.318 e. The fourth-order valence-electron chi connectivity index (χ4n) is 0.142. The Morgan fingerprint density at radius 1 is 1.67 bits per heavy atom. The Morgan fingerprint density at radius 3 is 2.56 bits per heavy atom. The number of oxime groups is 1. The molecule has 0 aromatic carbocycles. The van der Waals surface area contributed by atoms with Crippen LogP contribution in [0.4, 0.5) is 0 Å². The average Bonchev–Trinajstić information content (AvgIpc) is 1.63. The third-order valence-corrected chi connectivity index (χ3v) is 0.433. The summed E-state index contributed by atoms with van der Waals surface area (Å²) in [5.74, 6) is -0.593. The number of rotatable bonds is 2. The monoisotopic (exact) mass is 149 g/mol. The van der Waals surface area contributed by atoms with Crippen molar-refractivity contribution in [3.63, 3.8) is 0 Å². The molecule has 0 saturated carbocycles. The van der Waals surface area contributed by atoms with E-state index in [1.54, 1.807) is 0 Å². The largest absolute Gasteiger partial charge is 0.331 e. The van der Waals surface area contributed by atoms with Gasteiger partial charge in [0.15, 0.2) is 0 Å². The van der Waals surface area contributed by atoms with Crippen LogP contribution < -0.4 is 0 Å². The Balaban J connectivity index is 3.48. The Hall–Kier alpha value is -0.900. The zero-order valence-electron chi connectivity index (χ0n) is 4.63. The molecule has 0 fully saturated rings. The highest BCUT2D eigenvalue weighted by molar-refractivity contribution is 6.77. The van der Waals surface area contributed by atoms with E-state index in [2.05, 4.69) is 9.99 Å². The molecule has 0 saturated heterocycles. The predicted molar refractivity (Wildman–Crippen MR) is 31.1 cm³/mol. The van der Waals surface area contributed by atoms with Gasteiger partial charge in [-0.2, -0.15) is 0 Å². The van der Waals surface area contributed by atoms with Crippen molar-refractivity contribution in [1.82, 2.24) is 0 Å². The molecule has 0 heterocycles. The van der Waals surface area contributed by atoms with Crippen molar-refractivity contribution >= 4 is 29.0 Å². The number of hydrogen-bond acceptors (Lipinski definition) is 4. The van der Waals surface area contributed by atoms with Crippen molar-refractivity contribution in [2.75, 3.05) is 0 Å². The van der Waals surface area contributed by atoms with E-state index in [4.69, 9.17) is 11.6 Å². The van der Waals surface area contributed by atoms with Gasteiger partial charge < -0.3 is 4.84 Å². The fourth-order valence-corrected chi connectivity index (χ4v) is 0.182. The van der Waals surface area contributed by atoms with E-state index in [-0.39, 0.29) is 0 Å². The summed E-state index contributed by atoms with van der Waals surface area (Å²) in [5, 5.41) is 2.13. The van der Waals surface area contributed by atoms with Gasteiger partial charge in [-0.15, -0.1) is 0 Å². The summed E-state index contributed by atoms with van der Waals surface area (Å²) < 4.78 is 0. The number of hydrogen-bond donors (Lipinski definition) is 0. The van der Waals surface area contributed by atoms with Crippen molar-refractivity contribution in [3.8, 4) is 0 Å². The first-order chi connectivity index (χ1) is 4.13. The van der Waals surface area contributed by atoms with Crippen LogP contribution in [0, 0.1) is 0 Å². The molecule has 0 rings (SSSR count). The van der Waals surface area contributed by atoms with Crippen molar-refractivity contribution in [2.24, 2.45) is 5.16 Å². The summed E-state index contributed by atoms with van der Waals surface area (Å²) in [4.78, 5) is 23.8. The van der Waals surface area contributed by atoms with Gasteiger partial charge in [0.25, 0.3) is 5.24 Å². The van der Waals surface area contributed by atoms with Gasteiger partial charge in [0.05, 0.1) is 0 Å². The molecule has 0 unspecified atom stereocenters. The summed E-state index contributed by atoms with van der Waals surface area (Å²) in [5.41, 5.74) is 0. The first-order valence-corrected chi connectivity index (χ1v) is 2.41. The zero-order chi connectivity index (χ0) is 7.28. The summed E-state index contributed by atoms with van der Waals surface area (Å²) in [6.07, 6.45) is 0.697. The number of halogens is 1. The lowest BCUT2D eigenvalue weighted by atomic mass is 10.8. The second-order valence-electron chi connectivity index (χ2n) is 1.12. The van der Waals surface area contributed by atoms with Gasteiger partial charge >= 0.3 is 5.97 Å². The standard InChI is InChI=1S/C4H4ClNO3/c1-3(7)9-6-2-4(5)8/h2H,1H3. The summed E-state index contributed by atoms with van der Waals surface area (Å²) in [6.45, 7) is 1.16. The van der Waals surface area contributed by atoms with Gasteiger partial charge in [0.1, 0.15) is 6.21 Å². The molecule has 0 atom stereocenters. The summed E-state index contributed by atoms with van der Waals surface area (Å²) >= 11 is 4.78. The van der Waals surface area contributed by atoms with E-state index in [9.17, 15) is 9.59 Å². The summed E-state index contributed by atoms with van der Waals surface area (Å²) in [7, 11) is 0. The fraction of sp³-hybridized carbons (Fsp3) is 0.250. The van der Waals surface area contributed by atoms with E-state index < -0.39 is 11.2 Å². The number of carbonyl (C=O) groups excluding carboxylic acids is 2. The maximum Gasteiger partial charge on any atom is 0.331 e. The number of carbonyl (C=O) groups is 2. The summed E-state index contributed by atoms with van der Waals surface area (Å²) in [6, 6.07) is 0. The lowest BCUT2D eigenvalue weighted by molar-refractivity contribution is -0.140. The van der Waals surface area contributed by atoms with Crippen molar-refractivity contribution in [2.45, 2.75) is 6.92 Å². The van der Waals surface area contributed by atoms with Gasteiger partial charge in [0, 0.05) is 6.92 Å². The molecular weight excluding hydrogens is 146 g/mol. The van der Waals surface area contributed by atoms with Gasteiger partial charge in [-0.1, -0.05) is 5.16 Å². The lowest BCUT2D eigenvalue weighted by Gasteiger charge is -1.83. The first kappa shape index (κ1) is 8.10. The van der Waals surface area contributed by atoms with Crippen LogP contribution in [0.15, 0.2) is 5.16 Å².